The first-order chi connectivity index (χ1) is 5.96. The number of carboxylic acids is 1. The van der Waals surface area contributed by atoms with Crippen molar-refractivity contribution in [2.24, 2.45) is 0 Å². The van der Waals surface area contributed by atoms with Gasteiger partial charge in [0.2, 0.25) is 0 Å². The number of aromatic nitrogens is 2. The van der Waals surface area contributed by atoms with Gasteiger partial charge in [-0.2, -0.15) is 8.78 Å². The number of alkyl halides is 2. The fourth-order valence-electron chi connectivity index (χ4n) is 0.817. The Hall–Kier alpha value is -1.59. The van der Waals surface area contributed by atoms with Gasteiger partial charge in [0.1, 0.15) is 5.69 Å². The minimum atomic E-state index is -3.97. The molecule has 0 aliphatic carbocycles. The predicted octanol–water partition coefficient (Wildman–Crippen LogP) is 0.961. The van der Waals surface area contributed by atoms with Gasteiger partial charge in [-0.15, -0.1) is 0 Å². The highest BCUT2D eigenvalue weighted by molar-refractivity contribution is 5.76. The maximum Gasteiger partial charge on any atom is 0.385 e. The molecule has 1 aromatic rings. The lowest BCUT2D eigenvalue weighted by atomic mass is 10.2. The summed E-state index contributed by atoms with van der Waals surface area (Å²) in [5.41, 5.74) is -0.905. The normalized spacial score (nSPS) is 11.3. The molecule has 1 aromatic heterocycles. The lowest BCUT2D eigenvalue weighted by Gasteiger charge is -2.11. The zero-order valence-corrected chi connectivity index (χ0v) is 6.66. The van der Waals surface area contributed by atoms with Crippen LogP contribution >= 0.6 is 0 Å². The topological polar surface area (TPSA) is 63.1 Å². The summed E-state index contributed by atoms with van der Waals surface area (Å²) in [5, 5.41) is 8.20. The second kappa shape index (κ2) is 3.04. The van der Waals surface area contributed by atoms with E-state index >= 15 is 0 Å². The Morgan fingerprint density at radius 1 is 1.46 bits per heavy atom. The van der Waals surface area contributed by atoms with E-state index in [4.69, 9.17) is 5.11 Å². The minimum Gasteiger partial charge on any atom is -0.476 e. The van der Waals surface area contributed by atoms with Crippen molar-refractivity contribution in [1.82, 2.24) is 9.97 Å². The van der Waals surface area contributed by atoms with Crippen LogP contribution in [-0.2, 0) is 10.7 Å². The molecule has 0 aliphatic rings. The molecule has 1 N–H and O–H groups in total. The molecule has 70 valence electrons. The third-order valence-corrected chi connectivity index (χ3v) is 1.45. The van der Waals surface area contributed by atoms with Crippen LogP contribution in [0.1, 0.15) is 11.4 Å². The highest BCUT2D eigenvalue weighted by atomic mass is 19.3. The molecule has 4 nitrogen and oxygen atoms in total. The van der Waals surface area contributed by atoms with Crippen molar-refractivity contribution in [3.63, 3.8) is 0 Å². The van der Waals surface area contributed by atoms with E-state index in [0.29, 0.717) is 0 Å². The van der Waals surface area contributed by atoms with Gasteiger partial charge in [0.05, 0.1) is 5.69 Å². The van der Waals surface area contributed by atoms with Crippen LogP contribution in [0.4, 0.5) is 8.78 Å². The monoisotopic (exact) mass is 188 g/mol. The highest BCUT2D eigenvalue weighted by Crippen LogP contribution is 2.27. The molecular weight excluding hydrogens is 182 g/mol. The van der Waals surface area contributed by atoms with Gasteiger partial charge >= 0.3 is 11.9 Å². The maximum absolute atomic E-state index is 12.8. The summed E-state index contributed by atoms with van der Waals surface area (Å²) in [6.07, 6.45) is 2.25. The van der Waals surface area contributed by atoms with Crippen LogP contribution < -0.4 is 0 Å². The van der Waals surface area contributed by atoms with E-state index in [0.717, 1.165) is 6.20 Å². The third kappa shape index (κ3) is 1.61. The molecule has 0 unspecified atom stereocenters. The van der Waals surface area contributed by atoms with E-state index in [1.165, 1.54) is 13.1 Å². The minimum absolute atomic E-state index is 0.0881. The van der Waals surface area contributed by atoms with E-state index in [-0.39, 0.29) is 5.69 Å². The molecule has 13 heavy (non-hydrogen) atoms. The number of aliphatic carboxylic acids is 1. The van der Waals surface area contributed by atoms with Crippen molar-refractivity contribution in [2.75, 3.05) is 0 Å². The molecule has 0 fully saturated rings. The zero-order valence-electron chi connectivity index (χ0n) is 6.66. The van der Waals surface area contributed by atoms with E-state index in [1.807, 2.05) is 0 Å². The summed E-state index contributed by atoms with van der Waals surface area (Å²) in [6, 6.07) is 0. The Morgan fingerprint density at radius 3 is 2.46 bits per heavy atom. The van der Waals surface area contributed by atoms with Gasteiger partial charge in [-0.25, -0.2) is 4.79 Å². The van der Waals surface area contributed by atoms with Crippen LogP contribution in [0.2, 0.25) is 0 Å². The van der Waals surface area contributed by atoms with Crippen LogP contribution in [0, 0.1) is 6.92 Å². The van der Waals surface area contributed by atoms with Gasteiger partial charge < -0.3 is 5.11 Å². The number of hydrogen-bond acceptors (Lipinski definition) is 3. The van der Waals surface area contributed by atoms with Crippen molar-refractivity contribution in [3.8, 4) is 0 Å². The Kier molecular flexibility index (Phi) is 2.22. The molecule has 0 aromatic carbocycles. The summed E-state index contributed by atoms with van der Waals surface area (Å²) in [5.74, 6) is -6.20. The highest BCUT2D eigenvalue weighted by Gasteiger charge is 2.44. The average Bonchev–Trinajstić information content (AvgIpc) is 2.04. The summed E-state index contributed by atoms with van der Waals surface area (Å²) in [6.45, 7) is 1.28. The standard InChI is InChI=1S/C7H6F2N2O2/c1-4-5(11-3-2-10-4)7(8,9)6(12)13/h2-3H,1H3,(H,12,13). The zero-order chi connectivity index (χ0) is 10.1. The molecule has 0 radical (unpaired) electrons. The van der Waals surface area contributed by atoms with Gasteiger partial charge in [0.25, 0.3) is 0 Å². The SMILES string of the molecule is Cc1nccnc1C(F)(F)C(=O)O. The lowest BCUT2D eigenvalue weighted by Crippen LogP contribution is -2.27. The molecule has 6 heteroatoms. The van der Waals surface area contributed by atoms with Crippen molar-refractivity contribution in [3.05, 3.63) is 23.8 Å². The molecule has 0 bridgehead atoms. The first-order valence-corrected chi connectivity index (χ1v) is 3.35. The summed E-state index contributed by atoms with van der Waals surface area (Å²) < 4.78 is 25.7. The Bertz CT molecular complexity index is 341. The van der Waals surface area contributed by atoms with E-state index in [9.17, 15) is 13.6 Å². The van der Waals surface area contributed by atoms with Crippen molar-refractivity contribution >= 4 is 5.97 Å². The molecule has 0 atom stereocenters. The number of aryl methyl sites for hydroxylation is 1. The number of carboxylic acid groups (broad SMARTS) is 1. The molecular formula is C7H6F2N2O2. The van der Waals surface area contributed by atoms with Crippen LogP contribution in [0.25, 0.3) is 0 Å². The van der Waals surface area contributed by atoms with Crippen LogP contribution in [0.3, 0.4) is 0 Å². The number of hydrogen-bond donors (Lipinski definition) is 1. The van der Waals surface area contributed by atoms with E-state index in [1.54, 1.807) is 0 Å². The molecule has 1 heterocycles. The molecule has 0 spiro atoms. The summed E-state index contributed by atoms with van der Waals surface area (Å²) in [4.78, 5) is 17.0. The summed E-state index contributed by atoms with van der Waals surface area (Å²) >= 11 is 0. The maximum atomic E-state index is 12.8. The predicted molar refractivity (Wildman–Crippen MR) is 38.3 cm³/mol. The quantitative estimate of drug-likeness (QED) is 0.750. The van der Waals surface area contributed by atoms with E-state index in [2.05, 4.69) is 9.97 Å². The van der Waals surface area contributed by atoms with E-state index < -0.39 is 17.6 Å². The average molecular weight is 188 g/mol. The Morgan fingerprint density at radius 2 is 2.00 bits per heavy atom. The van der Waals surface area contributed by atoms with Gasteiger partial charge in [-0.1, -0.05) is 0 Å². The van der Waals surface area contributed by atoms with Crippen molar-refractivity contribution in [2.45, 2.75) is 12.8 Å². The second-order valence-electron chi connectivity index (χ2n) is 2.37. The Labute approximate surface area is 72.3 Å². The van der Waals surface area contributed by atoms with Crippen molar-refractivity contribution < 1.29 is 18.7 Å². The number of carbonyl (C=O) groups is 1. The Balaban J connectivity index is 3.22. The molecule has 0 saturated heterocycles. The fourth-order valence-corrected chi connectivity index (χ4v) is 0.817. The van der Waals surface area contributed by atoms with Crippen LogP contribution in [-0.4, -0.2) is 21.0 Å². The van der Waals surface area contributed by atoms with Gasteiger partial charge in [-0.05, 0) is 6.92 Å². The number of nitrogens with zero attached hydrogens (tertiary/aromatic N) is 2. The van der Waals surface area contributed by atoms with Crippen LogP contribution in [0.15, 0.2) is 12.4 Å². The van der Waals surface area contributed by atoms with Gasteiger partial charge in [0.15, 0.2) is 0 Å². The lowest BCUT2D eigenvalue weighted by molar-refractivity contribution is -0.167. The third-order valence-electron chi connectivity index (χ3n) is 1.45. The number of rotatable bonds is 2. The summed E-state index contributed by atoms with van der Waals surface area (Å²) in [7, 11) is 0. The van der Waals surface area contributed by atoms with Gasteiger partial charge in [0, 0.05) is 12.4 Å². The molecule has 0 amide bonds. The number of halogens is 2. The molecule has 0 aliphatic heterocycles. The molecule has 0 saturated carbocycles. The van der Waals surface area contributed by atoms with Crippen LogP contribution in [0.5, 0.6) is 0 Å². The largest absolute Gasteiger partial charge is 0.476 e. The second-order valence-corrected chi connectivity index (χ2v) is 2.37. The molecule has 1 rings (SSSR count). The fraction of sp³-hybridized carbons (Fsp3) is 0.286. The van der Waals surface area contributed by atoms with Crippen molar-refractivity contribution in [1.29, 1.82) is 0 Å². The first-order valence-electron chi connectivity index (χ1n) is 3.35. The smallest absolute Gasteiger partial charge is 0.385 e. The first kappa shape index (κ1) is 9.50. The van der Waals surface area contributed by atoms with Gasteiger partial charge in [-0.3, -0.25) is 9.97 Å².